The van der Waals surface area contributed by atoms with Gasteiger partial charge in [0.05, 0.1) is 12.9 Å². The normalized spacial score (nSPS) is 10.6. The maximum absolute atomic E-state index is 13.0. The lowest BCUT2D eigenvalue weighted by molar-refractivity contribution is -0.113. The monoisotopic (exact) mass is 416 g/mol. The molecular weight excluding hydrogens is 395 g/mol. The maximum atomic E-state index is 13.0. The lowest BCUT2D eigenvalue weighted by Gasteiger charge is -2.09. The number of thioether (sulfide) groups is 1. The number of nitrogens with zero attached hydrogens (tertiary/aromatic N) is 3. The van der Waals surface area contributed by atoms with E-state index in [9.17, 15) is 9.18 Å². The highest BCUT2D eigenvalue weighted by atomic mass is 32.2. The van der Waals surface area contributed by atoms with Crippen LogP contribution in [0.4, 0.5) is 10.1 Å². The number of ether oxygens (including phenoxy) is 2. The summed E-state index contributed by atoms with van der Waals surface area (Å²) < 4.78 is 25.6. The number of rotatable bonds is 9. The van der Waals surface area contributed by atoms with Gasteiger partial charge in [-0.1, -0.05) is 11.8 Å². The summed E-state index contributed by atoms with van der Waals surface area (Å²) in [7, 11) is 1.59. The van der Waals surface area contributed by atoms with E-state index in [1.54, 1.807) is 43.5 Å². The largest absolute Gasteiger partial charge is 0.497 e. The van der Waals surface area contributed by atoms with Crippen molar-refractivity contribution in [3.63, 3.8) is 0 Å². The second-order valence-corrected chi connectivity index (χ2v) is 6.89. The average molecular weight is 416 g/mol. The number of carbonyl (C=O) groups excluding carboxylic acids is 1. The number of methoxy groups -OCH3 is 1. The van der Waals surface area contributed by atoms with Crippen molar-refractivity contribution in [3.8, 4) is 11.5 Å². The number of hydrogen-bond donors (Lipinski definition) is 1. The Morgan fingerprint density at radius 1 is 1.10 bits per heavy atom. The molecule has 3 rings (SSSR count). The molecule has 0 saturated heterocycles. The first-order valence-electron chi connectivity index (χ1n) is 8.96. The van der Waals surface area contributed by atoms with Gasteiger partial charge in [-0.25, -0.2) is 4.39 Å². The van der Waals surface area contributed by atoms with E-state index < -0.39 is 0 Å². The first-order valence-corrected chi connectivity index (χ1v) is 9.94. The molecule has 1 N–H and O–H groups in total. The zero-order valence-electron chi connectivity index (χ0n) is 16.1. The van der Waals surface area contributed by atoms with Crippen molar-refractivity contribution in [2.75, 3.05) is 18.2 Å². The van der Waals surface area contributed by atoms with Crippen molar-refractivity contribution in [2.24, 2.45) is 0 Å². The Bertz CT molecular complexity index is 945. The molecule has 0 aliphatic heterocycles. The molecule has 0 saturated carbocycles. The average Bonchev–Trinajstić information content (AvgIpc) is 3.14. The molecule has 1 heterocycles. The van der Waals surface area contributed by atoms with Crippen LogP contribution in [0.5, 0.6) is 11.5 Å². The van der Waals surface area contributed by atoms with Crippen molar-refractivity contribution in [1.29, 1.82) is 0 Å². The van der Waals surface area contributed by atoms with Crippen LogP contribution in [0.2, 0.25) is 0 Å². The molecule has 0 radical (unpaired) electrons. The van der Waals surface area contributed by atoms with E-state index in [2.05, 4.69) is 15.5 Å². The van der Waals surface area contributed by atoms with Crippen molar-refractivity contribution in [3.05, 3.63) is 60.2 Å². The summed E-state index contributed by atoms with van der Waals surface area (Å²) in [6, 6.07) is 12.9. The summed E-state index contributed by atoms with van der Waals surface area (Å²) in [5, 5.41) is 11.8. The van der Waals surface area contributed by atoms with Crippen LogP contribution in [-0.2, 0) is 17.9 Å². The summed E-state index contributed by atoms with van der Waals surface area (Å²) >= 11 is 1.30. The zero-order valence-corrected chi connectivity index (χ0v) is 16.9. The maximum Gasteiger partial charge on any atom is 0.234 e. The van der Waals surface area contributed by atoms with Crippen LogP contribution < -0.4 is 14.8 Å². The molecule has 0 spiro atoms. The lowest BCUT2D eigenvalue weighted by Crippen LogP contribution is -2.14. The van der Waals surface area contributed by atoms with Gasteiger partial charge < -0.3 is 19.4 Å². The molecule has 0 aliphatic rings. The fourth-order valence-electron chi connectivity index (χ4n) is 2.53. The highest BCUT2D eigenvalue weighted by Crippen LogP contribution is 2.20. The van der Waals surface area contributed by atoms with Crippen LogP contribution in [0.1, 0.15) is 12.7 Å². The first-order chi connectivity index (χ1) is 14.1. The van der Waals surface area contributed by atoms with Crippen molar-refractivity contribution >= 4 is 23.4 Å². The van der Waals surface area contributed by atoms with E-state index in [1.165, 1.54) is 23.9 Å². The minimum absolute atomic E-state index is 0.144. The number of benzene rings is 2. The Labute approximate surface area is 172 Å². The van der Waals surface area contributed by atoms with E-state index in [1.807, 2.05) is 11.5 Å². The third kappa shape index (κ3) is 5.71. The smallest absolute Gasteiger partial charge is 0.234 e. The van der Waals surface area contributed by atoms with Crippen molar-refractivity contribution in [1.82, 2.24) is 14.8 Å². The Morgan fingerprint density at radius 2 is 1.79 bits per heavy atom. The number of amides is 1. The topological polar surface area (TPSA) is 78.3 Å². The SMILES string of the molecule is CCn1c(COc2ccc(F)cc2)nnc1SCC(=O)Nc1ccc(OC)cc1. The van der Waals surface area contributed by atoms with Gasteiger partial charge in [-0.3, -0.25) is 4.79 Å². The molecule has 0 aliphatic carbocycles. The Morgan fingerprint density at radius 3 is 2.45 bits per heavy atom. The van der Waals surface area contributed by atoms with Gasteiger partial charge in [0, 0.05) is 12.2 Å². The Hall–Kier alpha value is -3.07. The highest BCUT2D eigenvalue weighted by Gasteiger charge is 2.14. The zero-order chi connectivity index (χ0) is 20.6. The summed E-state index contributed by atoms with van der Waals surface area (Å²) in [6.45, 7) is 2.80. The van der Waals surface area contributed by atoms with Gasteiger partial charge in [0.15, 0.2) is 11.0 Å². The number of carbonyl (C=O) groups is 1. The van der Waals surface area contributed by atoms with E-state index in [0.29, 0.717) is 29.0 Å². The summed E-state index contributed by atoms with van der Waals surface area (Å²) in [5.74, 6) is 1.64. The molecule has 0 unspecified atom stereocenters. The van der Waals surface area contributed by atoms with Crippen LogP contribution in [0.3, 0.4) is 0 Å². The molecule has 1 amide bonds. The second kappa shape index (κ2) is 9.92. The number of halogens is 1. The van der Waals surface area contributed by atoms with Crippen LogP contribution in [-0.4, -0.2) is 33.5 Å². The van der Waals surface area contributed by atoms with Gasteiger partial charge in [0.25, 0.3) is 0 Å². The van der Waals surface area contributed by atoms with Crippen molar-refractivity contribution < 1.29 is 18.7 Å². The molecule has 29 heavy (non-hydrogen) atoms. The summed E-state index contributed by atoms with van der Waals surface area (Å²) in [4.78, 5) is 12.2. The number of nitrogens with one attached hydrogen (secondary N) is 1. The molecule has 0 bridgehead atoms. The third-order valence-corrected chi connectivity index (χ3v) is 4.96. The minimum atomic E-state index is -0.319. The van der Waals surface area contributed by atoms with E-state index in [4.69, 9.17) is 9.47 Å². The number of hydrogen-bond acceptors (Lipinski definition) is 6. The van der Waals surface area contributed by atoms with Crippen LogP contribution in [0, 0.1) is 5.82 Å². The molecule has 0 atom stereocenters. The van der Waals surface area contributed by atoms with Gasteiger partial charge in [-0.05, 0) is 55.5 Å². The Kier molecular flexibility index (Phi) is 7.07. The molecule has 1 aromatic heterocycles. The van der Waals surface area contributed by atoms with E-state index >= 15 is 0 Å². The van der Waals surface area contributed by atoms with Gasteiger partial charge in [-0.2, -0.15) is 0 Å². The number of aromatic nitrogens is 3. The minimum Gasteiger partial charge on any atom is -0.497 e. The Balaban J connectivity index is 1.54. The fourth-order valence-corrected chi connectivity index (χ4v) is 3.35. The fraction of sp³-hybridized carbons (Fsp3) is 0.250. The molecular formula is C20H21FN4O3S. The van der Waals surface area contributed by atoms with Crippen molar-refractivity contribution in [2.45, 2.75) is 25.2 Å². The van der Waals surface area contributed by atoms with Gasteiger partial charge >= 0.3 is 0 Å². The molecule has 2 aromatic carbocycles. The van der Waals surface area contributed by atoms with Crippen LogP contribution in [0.25, 0.3) is 0 Å². The summed E-state index contributed by atoms with van der Waals surface area (Å²) in [5.41, 5.74) is 0.696. The van der Waals surface area contributed by atoms with Gasteiger partial charge in [0.1, 0.15) is 23.9 Å². The van der Waals surface area contributed by atoms with E-state index in [0.717, 1.165) is 5.75 Å². The molecule has 7 nitrogen and oxygen atoms in total. The quantitative estimate of drug-likeness (QED) is 0.535. The van der Waals surface area contributed by atoms with Crippen LogP contribution >= 0.6 is 11.8 Å². The van der Waals surface area contributed by atoms with Gasteiger partial charge in [-0.15, -0.1) is 10.2 Å². The number of anilines is 1. The van der Waals surface area contributed by atoms with Gasteiger partial charge in [0.2, 0.25) is 5.91 Å². The molecule has 9 heteroatoms. The lowest BCUT2D eigenvalue weighted by atomic mass is 10.3. The molecule has 0 fully saturated rings. The summed E-state index contributed by atoms with van der Waals surface area (Å²) in [6.07, 6.45) is 0. The standard InChI is InChI=1S/C20H21FN4O3S/c1-3-25-18(12-28-17-8-4-14(21)5-9-17)23-24-20(25)29-13-19(26)22-15-6-10-16(27-2)11-7-15/h4-11H,3,12-13H2,1-2H3,(H,22,26). The van der Waals surface area contributed by atoms with E-state index in [-0.39, 0.29) is 24.1 Å². The van der Waals surface area contributed by atoms with Crippen LogP contribution in [0.15, 0.2) is 53.7 Å². The second-order valence-electron chi connectivity index (χ2n) is 5.95. The molecule has 3 aromatic rings. The molecule has 152 valence electrons. The first kappa shape index (κ1) is 20.7. The highest BCUT2D eigenvalue weighted by molar-refractivity contribution is 7.99. The third-order valence-electron chi connectivity index (χ3n) is 4.00. The predicted molar refractivity (Wildman–Crippen MR) is 109 cm³/mol. The predicted octanol–water partition coefficient (Wildman–Crippen LogP) is 3.76.